The van der Waals surface area contributed by atoms with E-state index in [2.05, 4.69) is 28.6 Å². The molecule has 0 spiro atoms. The number of fused-ring (bicyclic) bond motifs is 1. The molecule has 0 unspecified atom stereocenters. The van der Waals surface area contributed by atoms with Gasteiger partial charge in [0.05, 0.1) is 18.3 Å². The first-order valence-electron chi connectivity index (χ1n) is 12.3. The standard InChI is InChI=1S/C27H35N5O2/c1-2-3-13-24-29-25-22(12-8-5-9-15-31-16-14-23(33)18-31)17-32(26(25)27(28)30-24)20-34-19-21-10-6-4-7-11-21/h4,6-7,10-11,17,23,33H,2-3,5,9,13-16,18-20H2,1H3,(H2,28,29,30)/t23-/m0/s1. The van der Waals surface area contributed by atoms with Gasteiger partial charge in [0.1, 0.15) is 23.6 Å². The van der Waals surface area contributed by atoms with Crippen molar-refractivity contribution in [2.45, 2.75) is 64.9 Å². The molecule has 0 amide bonds. The third-order valence-corrected chi connectivity index (χ3v) is 6.13. The lowest BCUT2D eigenvalue weighted by Gasteiger charge is -2.12. The van der Waals surface area contributed by atoms with Crippen LogP contribution in [0.4, 0.5) is 5.82 Å². The molecule has 1 atom stereocenters. The quantitative estimate of drug-likeness (QED) is 0.353. The van der Waals surface area contributed by atoms with Crippen LogP contribution in [0.5, 0.6) is 0 Å². The van der Waals surface area contributed by atoms with Crippen LogP contribution in [0.1, 0.15) is 56.0 Å². The molecule has 7 heteroatoms. The highest BCUT2D eigenvalue weighted by Crippen LogP contribution is 2.24. The molecule has 3 aromatic rings. The average Bonchev–Trinajstić information content (AvgIpc) is 3.41. The summed E-state index contributed by atoms with van der Waals surface area (Å²) in [4.78, 5) is 11.7. The molecule has 1 aliphatic heterocycles. The first-order chi connectivity index (χ1) is 16.6. The van der Waals surface area contributed by atoms with E-state index >= 15 is 0 Å². The van der Waals surface area contributed by atoms with Crippen LogP contribution < -0.4 is 5.73 Å². The Labute approximate surface area is 202 Å². The Balaban J connectivity index is 1.48. The number of aryl methyl sites for hydroxylation is 1. The number of aliphatic hydroxyl groups excluding tert-OH is 1. The molecule has 2 aromatic heterocycles. The van der Waals surface area contributed by atoms with Gasteiger partial charge in [-0.3, -0.25) is 0 Å². The lowest BCUT2D eigenvalue weighted by Crippen LogP contribution is -2.22. The van der Waals surface area contributed by atoms with Gasteiger partial charge in [0, 0.05) is 32.1 Å². The Kier molecular flexibility index (Phi) is 8.53. The lowest BCUT2D eigenvalue weighted by molar-refractivity contribution is 0.0668. The van der Waals surface area contributed by atoms with Crippen molar-refractivity contribution in [3.63, 3.8) is 0 Å². The summed E-state index contributed by atoms with van der Waals surface area (Å²) in [5.74, 6) is 7.87. The summed E-state index contributed by atoms with van der Waals surface area (Å²) in [6, 6.07) is 10.1. The van der Waals surface area contributed by atoms with Crippen molar-refractivity contribution in [1.29, 1.82) is 0 Å². The highest BCUT2D eigenvalue weighted by molar-refractivity contribution is 5.90. The SMILES string of the molecule is CCCCc1nc(N)c2c(n1)c(C#CCCCN1CC[C@H](O)C1)cn2COCc1ccccc1. The lowest BCUT2D eigenvalue weighted by atomic mass is 10.2. The minimum atomic E-state index is -0.173. The van der Waals surface area contributed by atoms with Crippen molar-refractivity contribution >= 4 is 16.9 Å². The molecule has 3 N–H and O–H groups in total. The van der Waals surface area contributed by atoms with Crippen molar-refractivity contribution in [3.05, 3.63) is 53.5 Å². The largest absolute Gasteiger partial charge is 0.392 e. The highest BCUT2D eigenvalue weighted by atomic mass is 16.5. The van der Waals surface area contributed by atoms with E-state index in [0.29, 0.717) is 19.2 Å². The Bertz CT molecular complexity index is 1130. The molecule has 0 radical (unpaired) electrons. The molecule has 7 nitrogen and oxygen atoms in total. The monoisotopic (exact) mass is 461 g/mol. The van der Waals surface area contributed by atoms with Crippen LogP contribution in [-0.2, 0) is 24.5 Å². The molecule has 1 saturated heterocycles. The Morgan fingerprint density at radius 3 is 2.82 bits per heavy atom. The fourth-order valence-corrected chi connectivity index (χ4v) is 4.31. The number of nitrogens with zero attached hydrogens (tertiary/aromatic N) is 4. The molecule has 0 aliphatic carbocycles. The number of hydrogen-bond donors (Lipinski definition) is 2. The first-order valence-corrected chi connectivity index (χ1v) is 12.3. The van der Waals surface area contributed by atoms with E-state index in [4.69, 9.17) is 15.5 Å². The topological polar surface area (TPSA) is 89.4 Å². The van der Waals surface area contributed by atoms with Gasteiger partial charge in [0.15, 0.2) is 5.82 Å². The molecule has 1 aliphatic rings. The molecule has 34 heavy (non-hydrogen) atoms. The van der Waals surface area contributed by atoms with Gasteiger partial charge in [-0.15, -0.1) is 0 Å². The summed E-state index contributed by atoms with van der Waals surface area (Å²) in [7, 11) is 0. The Hall–Kier alpha value is -2.92. The summed E-state index contributed by atoms with van der Waals surface area (Å²) < 4.78 is 7.93. The van der Waals surface area contributed by atoms with Gasteiger partial charge in [-0.1, -0.05) is 55.5 Å². The molecular formula is C27H35N5O2. The van der Waals surface area contributed by atoms with E-state index in [9.17, 15) is 5.11 Å². The van der Waals surface area contributed by atoms with Crippen LogP contribution in [0.15, 0.2) is 36.5 Å². The molecule has 3 heterocycles. The second-order valence-corrected chi connectivity index (χ2v) is 8.95. The first kappa shape index (κ1) is 24.2. The van der Waals surface area contributed by atoms with Crippen LogP contribution >= 0.6 is 0 Å². The van der Waals surface area contributed by atoms with Gasteiger partial charge in [-0.05, 0) is 31.4 Å². The van der Waals surface area contributed by atoms with E-state index in [1.165, 1.54) is 0 Å². The molecule has 1 fully saturated rings. The number of aliphatic hydroxyl groups is 1. The van der Waals surface area contributed by atoms with Crippen LogP contribution in [0.3, 0.4) is 0 Å². The molecule has 0 saturated carbocycles. The predicted octanol–water partition coefficient (Wildman–Crippen LogP) is 3.73. The fraction of sp³-hybridized carbons (Fsp3) is 0.481. The van der Waals surface area contributed by atoms with E-state index in [-0.39, 0.29) is 6.10 Å². The van der Waals surface area contributed by atoms with E-state index in [1.807, 2.05) is 41.1 Å². The number of unbranched alkanes of at least 4 members (excludes halogenated alkanes) is 2. The van der Waals surface area contributed by atoms with Gasteiger partial charge in [-0.2, -0.15) is 0 Å². The number of nitrogen functional groups attached to an aromatic ring is 1. The van der Waals surface area contributed by atoms with Gasteiger partial charge in [0.2, 0.25) is 0 Å². The van der Waals surface area contributed by atoms with Crippen molar-refractivity contribution in [2.24, 2.45) is 0 Å². The van der Waals surface area contributed by atoms with Crippen molar-refractivity contribution in [1.82, 2.24) is 19.4 Å². The molecule has 1 aromatic carbocycles. The predicted molar refractivity (Wildman–Crippen MR) is 135 cm³/mol. The summed E-state index contributed by atoms with van der Waals surface area (Å²) in [6.45, 7) is 5.75. The fourth-order valence-electron chi connectivity index (χ4n) is 4.31. The smallest absolute Gasteiger partial charge is 0.151 e. The number of β-amino-alcohol motifs (C(OH)–C–C–N with tert-alkyl or cyclic N) is 1. The number of likely N-dealkylation sites (tertiary alicyclic amines) is 1. The number of rotatable bonds is 10. The molecule has 4 rings (SSSR count). The number of anilines is 1. The van der Waals surface area contributed by atoms with Crippen molar-refractivity contribution < 1.29 is 9.84 Å². The molecular weight excluding hydrogens is 426 g/mol. The van der Waals surface area contributed by atoms with E-state index < -0.39 is 0 Å². The second kappa shape index (κ2) is 12.0. The Morgan fingerprint density at radius 2 is 2.06 bits per heavy atom. The number of nitrogens with two attached hydrogens (primary N) is 1. The van der Waals surface area contributed by atoms with Crippen molar-refractivity contribution in [3.8, 4) is 11.8 Å². The third kappa shape index (κ3) is 6.35. The van der Waals surface area contributed by atoms with Crippen LogP contribution in [-0.4, -0.2) is 50.3 Å². The maximum atomic E-state index is 9.67. The highest BCUT2D eigenvalue weighted by Gasteiger charge is 2.19. The summed E-state index contributed by atoms with van der Waals surface area (Å²) in [6.07, 6.45) is 7.38. The number of aromatic nitrogens is 3. The molecule has 0 bridgehead atoms. The van der Waals surface area contributed by atoms with Crippen LogP contribution in [0, 0.1) is 11.8 Å². The summed E-state index contributed by atoms with van der Waals surface area (Å²) in [5.41, 5.74) is 9.95. The minimum absolute atomic E-state index is 0.173. The van der Waals surface area contributed by atoms with Crippen LogP contribution in [0.25, 0.3) is 11.0 Å². The zero-order chi connectivity index (χ0) is 23.8. The Morgan fingerprint density at radius 1 is 1.21 bits per heavy atom. The van der Waals surface area contributed by atoms with Gasteiger partial charge in [-0.25, -0.2) is 9.97 Å². The second-order valence-electron chi connectivity index (χ2n) is 8.95. The number of hydrogen-bond acceptors (Lipinski definition) is 6. The number of ether oxygens (including phenoxy) is 1. The normalized spacial score (nSPS) is 16.1. The zero-order valence-electron chi connectivity index (χ0n) is 20.0. The maximum absolute atomic E-state index is 9.67. The minimum Gasteiger partial charge on any atom is -0.392 e. The summed E-state index contributed by atoms with van der Waals surface area (Å²) >= 11 is 0. The third-order valence-electron chi connectivity index (χ3n) is 6.13. The van der Waals surface area contributed by atoms with Gasteiger partial charge in [0.25, 0.3) is 0 Å². The maximum Gasteiger partial charge on any atom is 0.151 e. The van der Waals surface area contributed by atoms with Crippen molar-refractivity contribution in [2.75, 3.05) is 25.4 Å². The summed E-state index contributed by atoms with van der Waals surface area (Å²) in [5, 5.41) is 9.67. The van der Waals surface area contributed by atoms with Gasteiger partial charge < -0.3 is 25.0 Å². The molecule has 180 valence electrons. The van der Waals surface area contributed by atoms with Gasteiger partial charge >= 0.3 is 0 Å². The zero-order valence-corrected chi connectivity index (χ0v) is 20.0. The number of benzene rings is 1. The average molecular weight is 462 g/mol. The van der Waals surface area contributed by atoms with Crippen LogP contribution in [0.2, 0.25) is 0 Å². The van der Waals surface area contributed by atoms with E-state index in [0.717, 1.165) is 86.1 Å². The van der Waals surface area contributed by atoms with E-state index in [1.54, 1.807) is 0 Å².